The molecule has 0 aliphatic rings. The molecule has 0 bridgehead atoms. The van der Waals surface area contributed by atoms with Gasteiger partial charge in [-0.3, -0.25) is 0 Å². The van der Waals surface area contributed by atoms with Gasteiger partial charge in [-0.15, -0.1) is 11.3 Å². The smallest absolute Gasteiger partial charge is 0.371 e. The minimum absolute atomic E-state index is 0.0895. The molecule has 1 aromatic carbocycles. The van der Waals surface area contributed by atoms with Gasteiger partial charge >= 0.3 is 5.97 Å². The van der Waals surface area contributed by atoms with Crippen molar-refractivity contribution in [2.45, 2.75) is 20.5 Å². The Balaban J connectivity index is 1.67. The third-order valence-electron chi connectivity index (χ3n) is 3.28. The monoisotopic (exact) mass is 329 g/mol. The maximum Gasteiger partial charge on any atom is 0.371 e. The van der Waals surface area contributed by atoms with Crippen molar-refractivity contribution in [3.05, 3.63) is 57.8 Å². The zero-order chi connectivity index (χ0) is 16.4. The Hall–Kier alpha value is -2.60. The topological polar surface area (TPSA) is 72.6 Å². The highest BCUT2D eigenvalue weighted by Gasteiger charge is 2.10. The molecule has 0 radical (unpaired) electrons. The van der Waals surface area contributed by atoms with Crippen LogP contribution in [0.2, 0.25) is 0 Å². The van der Waals surface area contributed by atoms with Gasteiger partial charge in [0.25, 0.3) is 0 Å². The first-order valence-electron chi connectivity index (χ1n) is 7.02. The maximum atomic E-state index is 10.8. The second-order valence-electron chi connectivity index (χ2n) is 5.02. The van der Waals surface area contributed by atoms with E-state index in [1.807, 2.05) is 31.2 Å². The van der Waals surface area contributed by atoms with E-state index in [0.29, 0.717) is 11.5 Å². The summed E-state index contributed by atoms with van der Waals surface area (Å²) >= 11 is 1.68. The average Bonchev–Trinajstić information content (AvgIpc) is 3.12. The number of aryl methyl sites for hydroxylation is 2. The molecule has 118 valence electrons. The lowest BCUT2D eigenvalue weighted by atomic mass is 10.1. The molecule has 0 atom stereocenters. The van der Waals surface area contributed by atoms with Gasteiger partial charge in [0.05, 0.1) is 10.7 Å². The molecule has 3 aromatic rings. The molecule has 2 heterocycles. The Morgan fingerprint density at radius 1 is 1.22 bits per heavy atom. The molecule has 23 heavy (non-hydrogen) atoms. The van der Waals surface area contributed by atoms with Crippen molar-refractivity contribution in [2.24, 2.45) is 0 Å². The molecule has 6 heteroatoms. The number of nitrogens with zero attached hydrogens (tertiary/aromatic N) is 1. The molecule has 0 spiro atoms. The Kier molecular flexibility index (Phi) is 4.16. The van der Waals surface area contributed by atoms with Crippen LogP contribution < -0.4 is 4.74 Å². The van der Waals surface area contributed by atoms with Gasteiger partial charge in [-0.2, -0.15) is 0 Å². The number of aromatic carboxylic acids is 1. The molecular formula is C17H15NO4S. The number of ether oxygens (including phenoxy) is 1. The molecule has 0 fully saturated rings. The van der Waals surface area contributed by atoms with Crippen molar-refractivity contribution < 1.29 is 19.1 Å². The molecule has 5 nitrogen and oxygen atoms in total. The molecule has 2 aromatic heterocycles. The van der Waals surface area contributed by atoms with Crippen molar-refractivity contribution in [1.82, 2.24) is 4.98 Å². The van der Waals surface area contributed by atoms with Crippen LogP contribution in [-0.2, 0) is 6.61 Å². The van der Waals surface area contributed by atoms with Gasteiger partial charge in [0.15, 0.2) is 0 Å². The van der Waals surface area contributed by atoms with Crippen molar-refractivity contribution in [3.63, 3.8) is 0 Å². The normalized spacial score (nSPS) is 10.7. The van der Waals surface area contributed by atoms with E-state index in [4.69, 9.17) is 14.3 Å². The quantitative estimate of drug-likeness (QED) is 0.755. The first-order chi connectivity index (χ1) is 11.0. The molecular weight excluding hydrogens is 314 g/mol. The predicted molar refractivity (Wildman–Crippen MR) is 87.0 cm³/mol. The van der Waals surface area contributed by atoms with Gasteiger partial charge in [0.1, 0.15) is 18.1 Å². The number of carbonyl (C=O) groups is 1. The Bertz CT molecular complexity index is 833. The lowest BCUT2D eigenvalue weighted by Crippen LogP contribution is -1.95. The van der Waals surface area contributed by atoms with Crippen LogP contribution in [0.5, 0.6) is 5.75 Å². The van der Waals surface area contributed by atoms with E-state index in [2.05, 4.69) is 11.9 Å². The van der Waals surface area contributed by atoms with Crippen LogP contribution >= 0.6 is 11.3 Å². The van der Waals surface area contributed by atoms with Gasteiger partial charge in [0, 0.05) is 10.4 Å². The highest BCUT2D eigenvalue weighted by molar-refractivity contribution is 7.11. The second-order valence-corrected chi connectivity index (χ2v) is 6.43. The van der Waals surface area contributed by atoms with Crippen LogP contribution in [-0.4, -0.2) is 16.1 Å². The third-order valence-corrected chi connectivity index (χ3v) is 4.17. The van der Waals surface area contributed by atoms with Crippen LogP contribution in [0.25, 0.3) is 11.3 Å². The number of carboxylic acid groups (broad SMARTS) is 1. The predicted octanol–water partition coefficient (Wildman–Crippen LogP) is 4.30. The van der Waals surface area contributed by atoms with Gasteiger partial charge in [-0.05, 0) is 50.2 Å². The zero-order valence-electron chi connectivity index (χ0n) is 12.7. The molecule has 0 aliphatic heterocycles. The zero-order valence-corrected chi connectivity index (χ0v) is 13.5. The van der Waals surface area contributed by atoms with Crippen LogP contribution in [0.15, 0.2) is 40.8 Å². The standard InChI is InChI=1S/C17H15NO4S/c1-10-16(18-11(2)23-10)12-3-5-13(6-4-12)21-9-14-7-8-15(22-14)17(19)20/h3-8H,9H2,1-2H3,(H,19,20). The van der Waals surface area contributed by atoms with E-state index < -0.39 is 5.97 Å². The number of benzene rings is 1. The average molecular weight is 329 g/mol. The number of carboxylic acids is 1. The van der Waals surface area contributed by atoms with Crippen molar-refractivity contribution in [3.8, 4) is 17.0 Å². The van der Waals surface area contributed by atoms with Crippen LogP contribution in [0, 0.1) is 13.8 Å². The summed E-state index contributed by atoms with van der Waals surface area (Å²) in [5.41, 5.74) is 2.04. The SMILES string of the molecule is Cc1nc(-c2ccc(OCc3ccc(C(=O)O)o3)cc2)c(C)s1. The minimum atomic E-state index is -1.09. The van der Waals surface area contributed by atoms with Crippen molar-refractivity contribution in [2.75, 3.05) is 0 Å². The number of hydrogen-bond donors (Lipinski definition) is 1. The molecule has 0 saturated heterocycles. The molecule has 0 aliphatic carbocycles. The summed E-state index contributed by atoms with van der Waals surface area (Å²) in [6.45, 7) is 4.23. The highest BCUT2D eigenvalue weighted by Crippen LogP contribution is 2.28. The summed E-state index contributed by atoms with van der Waals surface area (Å²) in [6.07, 6.45) is 0. The van der Waals surface area contributed by atoms with E-state index in [-0.39, 0.29) is 12.4 Å². The summed E-state index contributed by atoms with van der Waals surface area (Å²) in [4.78, 5) is 16.5. The fourth-order valence-corrected chi connectivity index (χ4v) is 3.07. The number of rotatable bonds is 5. The summed E-state index contributed by atoms with van der Waals surface area (Å²) in [6, 6.07) is 10.7. The highest BCUT2D eigenvalue weighted by atomic mass is 32.1. The van der Waals surface area contributed by atoms with Gasteiger partial charge < -0.3 is 14.3 Å². The van der Waals surface area contributed by atoms with Gasteiger partial charge in [-0.1, -0.05) is 0 Å². The van der Waals surface area contributed by atoms with Gasteiger partial charge in [-0.25, -0.2) is 9.78 Å². The van der Waals surface area contributed by atoms with E-state index in [9.17, 15) is 4.79 Å². The van der Waals surface area contributed by atoms with Crippen LogP contribution in [0.3, 0.4) is 0 Å². The Labute approximate surface area is 137 Å². The Morgan fingerprint density at radius 3 is 2.52 bits per heavy atom. The summed E-state index contributed by atoms with van der Waals surface area (Å²) in [5.74, 6) is -0.0214. The largest absolute Gasteiger partial charge is 0.486 e. The number of thiazole rings is 1. The summed E-state index contributed by atoms with van der Waals surface area (Å²) in [5, 5.41) is 9.85. The Morgan fingerprint density at radius 2 is 1.96 bits per heavy atom. The fraction of sp³-hybridized carbons (Fsp3) is 0.176. The first kappa shape index (κ1) is 15.3. The lowest BCUT2D eigenvalue weighted by molar-refractivity contribution is 0.0658. The van der Waals surface area contributed by atoms with E-state index in [1.165, 1.54) is 10.9 Å². The van der Waals surface area contributed by atoms with E-state index in [1.54, 1.807) is 17.4 Å². The molecule has 1 N–H and O–H groups in total. The van der Waals surface area contributed by atoms with Crippen molar-refractivity contribution >= 4 is 17.3 Å². The van der Waals surface area contributed by atoms with Crippen LogP contribution in [0.4, 0.5) is 0 Å². The molecule has 3 rings (SSSR count). The third kappa shape index (κ3) is 3.43. The number of furan rings is 1. The maximum absolute atomic E-state index is 10.8. The molecule has 0 saturated carbocycles. The van der Waals surface area contributed by atoms with E-state index in [0.717, 1.165) is 16.3 Å². The molecule has 0 unspecified atom stereocenters. The second kappa shape index (κ2) is 6.26. The first-order valence-corrected chi connectivity index (χ1v) is 7.84. The van der Waals surface area contributed by atoms with E-state index >= 15 is 0 Å². The minimum Gasteiger partial charge on any atom is -0.486 e. The lowest BCUT2D eigenvalue weighted by Gasteiger charge is -2.05. The number of hydrogen-bond acceptors (Lipinski definition) is 5. The van der Waals surface area contributed by atoms with Crippen LogP contribution in [0.1, 0.15) is 26.2 Å². The fourth-order valence-electron chi connectivity index (χ4n) is 2.23. The summed E-state index contributed by atoms with van der Waals surface area (Å²) < 4.78 is 10.8. The number of aromatic nitrogens is 1. The van der Waals surface area contributed by atoms with Gasteiger partial charge in [0.2, 0.25) is 5.76 Å². The summed E-state index contributed by atoms with van der Waals surface area (Å²) in [7, 11) is 0. The molecule has 0 amide bonds. The van der Waals surface area contributed by atoms with Crippen molar-refractivity contribution in [1.29, 1.82) is 0 Å².